The summed E-state index contributed by atoms with van der Waals surface area (Å²) < 4.78 is 5.06. The van der Waals surface area contributed by atoms with Gasteiger partial charge in [0.2, 0.25) is 11.8 Å². The monoisotopic (exact) mass is 341 g/mol. The van der Waals surface area contributed by atoms with Crippen molar-refractivity contribution in [2.75, 3.05) is 45.7 Å². The van der Waals surface area contributed by atoms with E-state index >= 15 is 0 Å². The van der Waals surface area contributed by atoms with Crippen LogP contribution in [0.2, 0.25) is 5.02 Å². The number of anilines is 1. The minimum absolute atomic E-state index is 0.0118. The summed E-state index contributed by atoms with van der Waals surface area (Å²) >= 11 is 6.02. The third kappa shape index (κ3) is 6.08. The number of likely N-dealkylation sites (N-methyl/N-ethyl adjacent to an activating group) is 2. The van der Waals surface area contributed by atoms with E-state index in [9.17, 15) is 9.59 Å². The highest BCUT2D eigenvalue weighted by atomic mass is 35.5. The van der Waals surface area contributed by atoms with E-state index in [4.69, 9.17) is 16.3 Å². The van der Waals surface area contributed by atoms with E-state index in [2.05, 4.69) is 5.32 Å². The Morgan fingerprint density at radius 2 is 1.87 bits per heavy atom. The Morgan fingerprint density at radius 1 is 1.22 bits per heavy atom. The summed E-state index contributed by atoms with van der Waals surface area (Å²) in [5.74, 6) is 0.352. The highest BCUT2D eigenvalue weighted by Gasteiger charge is 2.15. The van der Waals surface area contributed by atoms with Crippen molar-refractivity contribution >= 4 is 29.1 Å². The van der Waals surface area contributed by atoms with E-state index in [1.54, 1.807) is 35.0 Å². The molecule has 1 rings (SSSR count). The molecule has 2 amide bonds. The molecule has 0 spiro atoms. The number of hydrogen-bond acceptors (Lipinski definition) is 4. The minimum atomic E-state index is -0.207. The van der Waals surface area contributed by atoms with Crippen LogP contribution in [0.15, 0.2) is 18.2 Å². The molecule has 0 aromatic heterocycles. The van der Waals surface area contributed by atoms with Crippen LogP contribution in [0.3, 0.4) is 0 Å². The summed E-state index contributed by atoms with van der Waals surface area (Å²) in [6.07, 6.45) is 0. The number of methoxy groups -OCH3 is 1. The van der Waals surface area contributed by atoms with Crippen molar-refractivity contribution in [2.45, 2.75) is 13.8 Å². The van der Waals surface area contributed by atoms with Crippen molar-refractivity contribution in [3.05, 3.63) is 23.2 Å². The number of ether oxygens (including phenoxy) is 1. The van der Waals surface area contributed by atoms with Gasteiger partial charge in [0, 0.05) is 18.8 Å². The summed E-state index contributed by atoms with van der Waals surface area (Å²) in [4.78, 5) is 27.4. The molecule has 0 fully saturated rings. The molecule has 0 atom stereocenters. The summed E-state index contributed by atoms with van der Waals surface area (Å²) in [5, 5.41) is 3.18. The van der Waals surface area contributed by atoms with Crippen molar-refractivity contribution < 1.29 is 14.3 Å². The Morgan fingerprint density at radius 3 is 2.39 bits per heavy atom. The van der Waals surface area contributed by atoms with Crippen LogP contribution in [0.5, 0.6) is 5.75 Å². The predicted octanol–water partition coefficient (Wildman–Crippen LogP) is 2.09. The second kappa shape index (κ2) is 9.37. The quantitative estimate of drug-likeness (QED) is 0.786. The van der Waals surface area contributed by atoms with Crippen molar-refractivity contribution in [1.29, 1.82) is 0 Å². The van der Waals surface area contributed by atoms with Gasteiger partial charge < -0.3 is 15.0 Å². The molecule has 0 unspecified atom stereocenters. The lowest BCUT2D eigenvalue weighted by Gasteiger charge is -2.22. The van der Waals surface area contributed by atoms with Crippen molar-refractivity contribution in [2.24, 2.45) is 0 Å². The summed E-state index contributed by atoms with van der Waals surface area (Å²) in [6, 6.07) is 5.02. The van der Waals surface area contributed by atoms with Gasteiger partial charge in [-0.1, -0.05) is 11.6 Å². The van der Waals surface area contributed by atoms with Crippen LogP contribution in [0.4, 0.5) is 5.69 Å². The minimum Gasteiger partial charge on any atom is -0.495 e. The van der Waals surface area contributed by atoms with Crippen LogP contribution in [-0.2, 0) is 9.59 Å². The summed E-state index contributed by atoms with van der Waals surface area (Å²) in [5.41, 5.74) is 0.587. The molecule has 0 bridgehead atoms. The zero-order valence-electron chi connectivity index (χ0n) is 14.1. The second-order valence-electron chi connectivity index (χ2n) is 5.14. The third-order valence-electron chi connectivity index (χ3n) is 3.37. The Hall–Kier alpha value is -1.79. The molecule has 0 aliphatic carbocycles. The average Bonchev–Trinajstić information content (AvgIpc) is 2.48. The molecular formula is C16H24ClN3O3. The van der Waals surface area contributed by atoms with E-state index in [1.165, 1.54) is 7.11 Å². The lowest BCUT2D eigenvalue weighted by molar-refractivity contribution is -0.132. The van der Waals surface area contributed by atoms with Gasteiger partial charge in [0.15, 0.2) is 0 Å². The van der Waals surface area contributed by atoms with Crippen LogP contribution < -0.4 is 10.1 Å². The number of benzene rings is 1. The van der Waals surface area contributed by atoms with E-state index in [1.807, 2.05) is 13.8 Å². The van der Waals surface area contributed by atoms with Crippen molar-refractivity contribution in [3.8, 4) is 5.75 Å². The fourth-order valence-electron chi connectivity index (χ4n) is 2.15. The third-order valence-corrected chi connectivity index (χ3v) is 3.67. The van der Waals surface area contributed by atoms with Crippen LogP contribution in [0.25, 0.3) is 0 Å². The topological polar surface area (TPSA) is 61.9 Å². The standard InChI is InChI=1S/C16H24ClN3O3/c1-5-20(6-2)16(22)11-19(3)10-15(21)18-12-7-8-14(23-4)13(17)9-12/h7-9H,5-6,10-11H2,1-4H3,(H,18,21). The van der Waals surface area contributed by atoms with Gasteiger partial charge in [-0.3, -0.25) is 14.5 Å². The molecule has 1 aromatic rings. The van der Waals surface area contributed by atoms with E-state index in [0.29, 0.717) is 29.5 Å². The molecule has 6 nitrogen and oxygen atoms in total. The Bertz CT molecular complexity index is 547. The highest BCUT2D eigenvalue weighted by molar-refractivity contribution is 6.32. The van der Waals surface area contributed by atoms with Gasteiger partial charge in [-0.25, -0.2) is 0 Å². The highest BCUT2D eigenvalue weighted by Crippen LogP contribution is 2.27. The van der Waals surface area contributed by atoms with Crippen LogP contribution in [0, 0.1) is 0 Å². The molecule has 0 aliphatic heterocycles. The predicted molar refractivity (Wildman–Crippen MR) is 92.1 cm³/mol. The zero-order valence-corrected chi connectivity index (χ0v) is 14.8. The number of halogens is 1. The van der Waals surface area contributed by atoms with Gasteiger partial charge in [-0.2, -0.15) is 0 Å². The van der Waals surface area contributed by atoms with Crippen LogP contribution in [-0.4, -0.2) is 62.0 Å². The van der Waals surface area contributed by atoms with E-state index in [-0.39, 0.29) is 24.9 Å². The molecular weight excluding hydrogens is 318 g/mol. The smallest absolute Gasteiger partial charge is 0.238 e. The molecule has 0 saturated heterocycles. The normalized spacial score (nSPS) is 10.5. The molecule has 128 valence electrons. The summed E-state index contributed by atoms with van der Waals surface area (Å²) in [7, 11) is 3.27. The maximum Gasteiger partial charge on any atom is 0.238 e. The molecule has 1 aromatic carbocycles. The number of nitrogens with one attached hydrogen (secondary N) is 1. The Labute approximate surface area is 142 Å². The molecule has 0 radical (unpaired) electrons. The molecule has 1 N–H and O–H groups in total. The molecule has 0 aliphatic rings. The lowest BCUT2D eigenvalue weighted by Crippen LogP contribution is -2.41. The van der Waals surface area contributed by atoms with Gasteiger partial charge >= 0.3 is 0 Å². The number of carbonyl (C=O) groups excluding carboxylic acids is 2. The van der Waals surface area contributed by atoms with Crippen molar-refractivity contribution in [1.82, 2.24) is 9.80 Å². The maximum absolute atomic E-state index is 12.0. The zero-order chi connectivity index (χ0) is 17.4. The molecule has 0 saturated carbocycles. The first-order valence-corrected chi connectivity index (χ1v) is 7.88. The van der Waals surface area contributed by atoms with Gasteiger partial charge in [-0.15, -0.1) is 0 Å². The first-order valence-electron chi connectivity index (χ1n) is 7.50. The van der Waals surface area contributed by atoms with Gasteiger partial charge in [0.05, 0.1) is 25.2 Å². The second-order valence-corrected chi connectivity index (χ2v) is 5.54. The number of hydrogen-bond donors (Lipinski definition) is 1. The van der Waals surface area contributed by atoms with E-state index < -0.39 is 0 Å². The molecule has 23 heavy (non-hydrogen) atoms. The number of rotatable bonds is 8. The fraction of sp³-hybridized carbons (Fsp3) is 0.500. The Balaban J connectivity index is 2.52. The summed E-state index contributed by atoms with van der Waals surface area (Å²) in [6.45, 7) is 5.53. The average molecular weight is 342 g/mol. The number of carbonyl (C=O) groups is 2. The first-order chi connectivity index (χ1) is 10.9. The number of nitrogens with zero attached hydrogens (tertiary/aromatic N) is 2. The fourth-order valence-corrected chi connectivity index (χ4v) is 2.41. The van der Waals surface area contributed by atoms with Gasteiger partial charge in [0.25, 0.3) is 0 Å². The van der Waals surface area contributed by atoms with Crippen LogP contribution >= 0.6 is 11.6 Å². The molecule has 7 heteroatoms. The number of amides is 2. The Kier molecular flexibility index (Phi) is 7.85. The largest absolute Gasteiger partial charge is 0.495 e. The first kappa shape index (κ1) is 19.3. The van der Waals surface area contributed by atoms with Crippen LogP contribution in [0.1, 0.15) is 13.8 Å². The van der Waals surface area contributed by atoms with Gasteiger partial charge in [0.1, 0.15) is 5.75 Å². The van der Waals surface area contributed by atoms with Crippen molar-refractivity contribution in [3.63, 3.8) is 0 Å². The molecule has 0 heterocycles. The van der Waals surface area contributed by atoms with E-state index in [0.717, 1.165) is 0 Å². The van der Waals surface area contributed by atoms with Gasteiger partial charge in [-0.05, 0) is 39.1 Å². The maximum atomic E-state index is 12.0. The lowest BCUT2D eigenvalue weighted by atomic mass is 10.3. The SMILES string of the molecule is CCN(CC)C(=O)CN(C)CC(=O)Nc1ccc(OC)c(Cl)c1.